The molecule has 0 amide bonds. The highest BCUT2D eigenvalue weighted by Gasteiger charge is 2.35. The highest BCUT2D eigenvalue weighted by atomic mass is 31.2. The van der Waals surface area contributed by atoms with E-state index in [1.807, 2.05) is 0 Å². The lowest BCUT2D eigenvalue weighted by molar-refractivity contribution is -0.214. The van der Waals surface area contributed by atoms with Gasteiger partial charge in [0.2, 0.25) is 0 Å². The fraction of sp³-hybridized carbons (Fsp3) is 1.00. The van der Waals surface area contributed by atoms with Gasteiger partial charge in [-0.1, -0.05) is 336 Å². The maximum atomic E-state index is 8.77. The van der Waals surface area contributed by atoms with Gasteiger partial charge < -0.3 is 14.7 Å². The average Bonchev–Trinajstić information content (AvgIpc) is 3.33. The first-order valence-electron chi connectivity index (χ1n) is 32.9. The molecular weight excluding hydrogens is 895 g/mol. The molecule has 0 rings (SSSR count). The van der Waals surface area contributed by atoms with Gasteiger partial charge in [-0.05, 0) is 51.4 Å². The van der Waals surface area contributed by atoms with E-state index in [0.717, 1.165) is 0 Å². The number of rotatable bonds is 60. The molecule has 2 N–H and O–H groups in total. The summed E-state index contributed by atoms with van der Waals surface area (Å²) in [7, 11) is -5.72. The van der Waals surface area contributed by atoms with Crippen LogP contribution >= 0.6 is 15.1 Å². The largest absolute Gasteiger partial charge is 0.756 e. The van der Waals surface area contributed by atoms with Crippen molar-refractivity contribution in [2.75, 3.05) is 24.6 Å². The van der Waals surface area contributed by atoms with Crippen molar-refractivity contribution in [3.63, 3.8) is 0 Å². The maximum Gasteiger partial charge on any atom is 0.262 e. The summed E-state index contributed by atoms with van der Waals surface area (Å²) in [5.41, 5.74) is 0. The van der Waals surface area contributed by atoms with Gasteiger partial charge in [-0.3, -0.25) is 4.57 Å². The molecule has 0 aliphatic carbocycles. The topological polar surface area (TPSA) is 80.6 Å². The Hall–Kier alpha value is 0.540. The third-order valence-corrected chi connectivity index (χ3v) is 21.0. The summed E-state index contributed by atoms with van der Waals surface area (Å²) < 4.78 is 8.77. The summed E-state index contributed by atoms with van der Waals surface area (Å²) >= 11 is 0. The van der Waals surface area contributed by atoms with Gasteiger partial charge in [0, 0.05) is 7.26 Å². The van der Waals surface area contributed by atoms with E-state index < -0.39 is 15.1 Å². The van der Waals surface area contributed by atoms with Crippen LogP contribution in [0.1, 0.15) is 387 Å². The van der Waals surface area contributed by atoms with Crippen LogP contribution in [0.25, 0.3) is 0 Å². The Balaban J connectivity index is 0. The molecular formula is C64H134O4P2. The van der Waals surface area contributed by atoms with E-state index in [2.05, 4.69) is 27.7 Å². The second-order valence-corrected chi connectivity index (χ2v) is 28.6. The highest BCUT2D eigenvalue weighted by Crippen LogP contribution is 2.61. The van der Waals surface area contributed by atoms with Crippen molar-refractivity contribution in [3.05, 3.63) is 0 Å². The Morgan fingerprint density at radius 1 is 0.229 bits per heavy atom. The Labute approximate surface area is 444 Å². The smallest absolute Gasteiger partial charge is 0.262 e. The zero-order valence-electron chi connectivity index (χ0n) is 49.0. The molecule has 0 unspecified atom stereocenters. The average molecular weight is 1030 g/mol. The lowest BCUT2D eigenvalue weighted by Gasteiger charge is -2.28. The number of hydrogen-bond donors (Lipinski definition) is 2. The SMILES string of the molecule is CCCCCCCCCCCCCCCC[P+](CCCCCCCCCCCCCCCC)(CCCCCCCCCCCCCCCC)CCCCCCCCCCCCCCCC.O=P([O-])(O)O. The first kappa shape index (κ1) is 72.6. The van der Waals surface area contributed by atoms with E-state index in [0.29, 0.717) is 0 Å². The van der Waals surface area contributed by atoms with Gasteiger partial charge in [0.25, 0.3) is 7.82 Å². The van der Waals surface area contributed by atoms with Crippen LogP contribution in [0.15, 0.2) is 0 Å². The van der Waals surface area contributed by atoms with Crippen LogP contribution in [-0.4, -0.2) is 34.4 Å². The van der Waals surface area contributed by atoms with Crippen LogP contribution < -0.4 is 4.89 Å². The van der Waals surface area contributed by atoms with E-state index in [9.17, 15) is 0 Å². The zero-order valence-corrected chi connectivity index (χ0v) is 50.8. The summed E-state index contributed by atoms with van der Waals surface area (Å²) in [5.74, 6) is 0. The summed E-state index contributed by atoms with van der Waals surface area (Å²) in [5, 5.41) is 0. The van der Waals surface area contributed by atoms with Gasteiger partial charge in [-0.2, -0.15) is 0 Å². The van der Waals surface area contributed by atoms with Crippen LogP contribution in [0, 0.1) is 0 Å². The van der Waals surface area contributed by atoms with Crippen molar-refractivity contribution in [1.29, 1.82) is 0 Å². The van der Waals surface area contributed by atoms with Crippen LogP contribution in [0.4, 0.5) is 0 Å². The third-order valence-electron chi connectivity index (χ3n) is 15.9. The summed E-state index contributed by atoms with van der Waals surface area (Å²) in [4.78, 5) is 22.9. The van der Waals surface area contributed by atoms with Crippen molar-refractivity contribution in [1.82, 2.24) is 0 Å². The molecule has 0 aliphatic rings. The van der Waals surface area contributed by atoms with Crippen molar-refractivity contribution in [3.8, 4) is 0 Å². The minimum Gasteiger partial charge on any atom is -0.756 e. The van der Waals surface area contributed by atoms with Crippen LogP contribution in [0.3, 0.4) is 0 Å². The molecule has 4 nitrogen and oxygen atoms in total. The molecule has 0 heterocycles. The van der Waals surface area contributed by atoms with Crippen LogP contribution in [-0.2, 0) is 4.57 Å². The minimum atomic E-state index is -4.89. The van der Waals surface area contributed by atoms with Gasteiger partial charge in [-0.25, -0.2) is 0 Å². The molecule has 0 aromatic carbocycles. The molecule has 6 heteroatoms. The standard InChI is InChI=1S/C64H132P.H3O4P/c1-5-9-13-17-21-25-29-33-37-41-45-49-53-57-61-65(62-58-54-50-46-42-38-34-30-26-22-18-14-10-6-2,63-59-55-51-47-43-39-35-31-27-23-19-15-11-7-3)64-60-56-52-48-44-40-36-32-28-24-20-16-12-8-4;1-5(2,3)4/h5-64H2,1-4H3;(H3,1,2,3,4)/q+1;/p-1. The molecule has 0 aromatic rings. The molecule has 0 bridgehead atoms. The van der Waals surface area contributed by atoms with E-state index in [-0.39, 0.29) is 0 Å². The fourth-order valence-electron chi connectivity index (χ4n) is 11.2. The highest BCUT2D eigenvalue weighted by molar-refractivity contribution is 7.75. The summed E-state index contributed by atoms with van der Waals surface area (Å²) in [6.45, 7) is 9.34. The lowest BCUT2D eigenvalue weighted by Crippen LogP contribution is -2.13. The first-order chi connectivity index (χ1) is 34.2. The van der Waals surface area contributed by atoms with Gasteiger partial charge in [0.05, 0.1) is 24.6 Å². The first-order valence-corrected chi connectivity index (χ1v) is 36.9. The van der Waals surface area contributed by atoms with Crippen molar-refractivity contribution < 1.29 is 19.2 Å². The minimum absolute atomic E-state index is 0.834. The molecule has 0 spiro atoms. The normalized spacial score (nSPS) is 12.0. The van der Waals surface area contributed by atoms with Gasteiger partial charge in [-0.15, -0.1) is 0 Å². The Morgan fingerprint density at radius 3 is 0.414 bits per heavy atom. The predicted molar refractivity (Wildman–Crippen MR) is 320 cm³/mol. The van der Waals surface area contributed by atoms with E-state index in [1.165, 1.54) is 334 Å². The molecule has 70 heavy (non-hydrogen) atoms. The quantitative estimate of drug-likeness (QED) is 0.0470. The Kier molecular flexibility index (Phi) is 64.4. The molecule has 0 saturated carbocycles. The number of phosphoric acid groups is 1. The zero-order chi connectivity index (χ0) is 51.4. The fourth-order valence-corrected chi connectivity index (χ4v) is 16.2. The molecule has 0 aromatic heterocycles. The maximum absolute atomic E-state index is 8.77. The number of hydrogen-bond acceptors (Lipinski definition) is 2. The Bertz CT molecular complexity index is 829. The van der Waals surface area contributed by atoms with E-state index >= 15 is 0 Å². The summed E-state index contributed by atoms with van der Waals surface area (Å²) in [6, 6.07) is 0. The summed E-state index contributed by atoms with van der Waals surface area (Å²) in [6.07, 6.45) is 90.3. The van der Waals surface area contributed by atoms with E-state index in [1.54, 1.807) is 50.3 Å². The van der Waals surface area contributed by atoms with Crippen molar-refractivity contribution in [2.24, 2.45) is 0 Å². The number of unbranched alkanes of at least 4 members (excludes halogenated alkanes) is 52. The molecule has 0 aliphatic heterocycles. The molecule has 0 atom stereocenters. The van der Waals surface area contributed by atoms with Gasteiger partial charge >= 0.3 is 0 Å². The monoisotopic (exact) mass is 1030 g/mol. The van der Waals surface area contributed by atoms with Gasteiger partial charge in [0.15, 0.2) is 0 Å². The second-order valence-electron chi connectivity index (χ2n) is 23.1. The second kappa shape index (κ2) is 62.1. The Morgan fingerprint density at radius 2 is 0.314 bits per heavy atom. The molecule has 0 saturated heterocycles. The van der Waals surface area contributed by atoms with Gasteiger partial charge in [0.1, 0.15) is 0 Å². The van der Waals surface area contributed by atoms with Crippen molar-refractivity contribution >= 4 is 15.1 Å². The molecule has 0 radical (unpaired) electrons. The van der Waals surface area contributed by atoms with E-state index in [4.69, 9.17) is 19.2 Å². The van der Waals surface area contributed by atoms with Crippen LogP contribution in [0.5, 0.6) is 0 Å². The third kappa shape index (κ3) is 66.6. The van der Waals surface area contributed by atoms with Crippen LogP contribution in [0.2, 0.25) is 0 Å². The van der Waals surface area contributed by atoms with Crippen molar-refractivity contribution in [2.45, 2.75) is 387 Å². The predicted octanol–water partition coefficient (Wildman–Crippen LogP) is 23.4. The lowest BCUT2D eigenvalue weighted by atomic mass is 10.0. The molecule has 424 valence electrons. The molecule has 0 fully saturated rings.